The highest BCUT2D eigenvalue weighted by Gasteiger charge is 2.19. The van der Waals surface area contributed by atoms with Gasteiger partial charge in [0, 0.05) is 5.69 Å². The number of fused-ring (bicyclic) bond motifs is 1. The first-order chi connectivity index (χ1) is 12.6. The first-order valence-electron chi connectivity index (χ1n) is 8.72. The summed E-state index contributed by atoms with van der Waals surface area (Å²) in [5, 5.41) is 0. The van der Waals surface area contributed by atoms with Crippen molar-refractivity contribution in [3.8, 4) is 10.6 Å². The molecule has 1 aromatic carbocycles. The Morgan fingerprint density at radius 1 is 1.11 bits per heavy atom. The molecule has 6 heteroatoms. The van der Waals surface area contributed by atoms with Gasteiger partial charge in [0.25, 0.3) is 0 Å². The maximum atomic E-state index is 11.1. The third kappa shape index (κ3) is 4.52. The van der Waals surface area contributed by atoms with Gasteiger partial charge in [-0.05, 0) is 66.1 Å². The lowest BCUT2D eigenvalue weighted by Gasteiger charge is -2.11. The van der Waals surface area contributed by atoms with Crippen molar-refractivity contribution in [3.63, 3.8) is 0 Å². The predicted octanol–water partition coefficient (Wildman–Crippen LogP) is 4.99. The number of halogens is 2. The Kier molecular flexibility index (Phi) is 6.20. The zero-order valence-corrected chi connectivity index (χ0v) is 17.1. The first-order valence-corrected chi connectivity index (χ1v) is 9.91. The largest absolute Gasteiger partial charge is 0.369 e. The molecule has 0 saturated heterocycles. The van der Waals surface area contributed by atoms with Crippen molar-refractivity contribution >= 4 is 41.3 Å². The number of carbonyl (C=O) groups excluding carboxylic acids is 1. The van der Waals surface area contributed by atoms with Crippen molar-refractivity contribution in [3.05, 3.63) is 74.7 Å². The Bertz CT molecular complexity index is 967. The van der Waals surface area contributed by atoms with Crippen LogP contribution in [0.3, 0.4) is 0 Å². The second kappa shape index (κ2) is 8.42. The van der Waals surface area contributed by atoms with E-state index in [0.717, 1.165) is 39.7 Å². The number of nitrogens with two attached hydrogens (primary N) is 1. The standard InChI is InChI=1S/C21H19ClN2OS.ClH/c22-20-9-8-19(26-20)18-12-15(16-2-1-3-17(16)24-18)10-13-4-6-14(7-5-13)11-21(23)25;/h4-9,12H,1-3,10-11H2,(H2,23,25);1H. The number of rotatable bonds is 5. The van der Waals surface area contributed by atoms with Crippen LogP contribution in [0.5, 0.6) is 0 Å². The molecule has 2 N–H and O–H groups in total. The molecule has 2 heterocycles. The summed E-state index contributed by atoms with van der Waals surface area (Å²) in [5.74, 6) is -0.302. The van der Waals surface area contributed by atoms with Crippen LogP contribution in [0.1, 0.15) is 34.4 Å². The first kappa shape index (κ1) is 19.9. The number of aryl methyl sites for hydroxylation is 1. The van der Waals surface area contributed by atoms with Gasteiger partial charge in [-0.15, -0.1) is 23.7 Å². The van der Waals surface area contributed by atoms with E-state index in [0.29, 0.717) is 0 Å². The minimum Gasteiger partial charge on any atom is -0.369 e. The van der Waals surface area contributed by atoms with E-state index >= 15 is 0 Å². The molecule has 0 fully saturated rings. The molecule has 0 atom stereocenters. The summed E-state index contributed by atoms with van der Waals surface area (Å²) in [7, 11) is 0. The number of aromatic nitrogens is 1. The molecule has 1 aliphatic carbocycles. The second-order valence-electron chi connectivity index (χ2n) is 6.69. The fourth-order valence-electron chi connectivity index (χ4n) is 3.56. The molecule has 2 aromatic heterocycles. The molecule has 27 heavy (non-hydrogen) atoms. The summed E-state index contributed by atoms with van der Waals surface area (Å²) in [6.45, 7) is 0. The zero-order chi connectivity index (χ0) is 18.1. The summed E-state index contributed by atoms with van der Waals surface area (Å²) < 4.78 is 0.786. The summed E-state index contributed by atoms with van der Waals surface area (Å²) in [6, 6.07) is 14.3. The number of amides is 1. The Morgan fingerprint density at radius 2 is 1.85 bits per heavy atom. The molecule has 1 amide bonds. The Labute approximate surface area is 174 Å². The molecule has 140 valence electrons. The van der Waals surface area contributed by atoms with Gasteiger partial charge in [0.2, 0.25) is 5.91 Å². The van der Waals surface area contributed by atoms with Crippen LogP contribution < -0.4 is 5.73 Å². The van der Waals surface area contributed by atoms with Crippen molar-refractivity contribution in [2.24, 2.45) is 5.73 Å². The highest BCUT2D eigenvalue weighted by molar-refractivity contribution is 7.19. The molecule has 0 radical (unpaired) electrons. The normalized spacial score (nSPS) is 12.5. The third-order valence-electron chi connectivity index (χ3n) is 4.76. The van der Waals surface area contributed by atoms with Crippen LogP contribution in [0, 0.1) is 0 Å². The molecule has 0 saturated carbocycles. The van der Waals surface area contributed by atoms with Crippen molar-refractivity contribution < 1.29 is 4.79 Å². The van der Waals surface area contributed by atoms with Crippen LogP contribution in [0.25, 0.3) is 10.6 Å². The van der Waals surface area contributed by atoms with Crippen LogP contribution >= 0.6 is 35.3 Å². The monoisotopic (exact) mass is 418 g/mol. The van der Waals surface area contributed by atoms with Crippen LogP contribution in [0.4, 0.5) is 0 Å². The van der Waals surface area contributed by atoms with Crippen LogP contribution in [-0.2, 0) is 30.5 Å². The Hall–Kier alpha value is -1.88. The minimum atomic E-state index is -0.302. The van der Waals surface area contributed by atoms with Gasteiger partial charge in [-0.1, -0.05) is 35.9 Å². The van der Waals surface area contributed by atoms with Crippen molar-refractivity contribution in [1.29, 1.82) is 0 Å². The number of pyridine rings is 1. The summed E-state index contributed by atoms with van der Waals surface area (Å²) in [6.07, 6.45) is 4.47. The van der Waals surface area contributed by atoms with Gasteiger partial charge in [0.1, 0.15) is 0 Å². The molecule has 3 nitrogen and oxygen atoms in total. The minimum absolute atomic E-state index is 0. The van der Waals surface area contributed by atoms with Gasteiger partial charge in [0.15, 0.2) is 0 Å². The molecule has 0 bridgehead atoms. The van der Waals surface area contributed by atoms with E-state index < -0.39 is 0 Å². The lowest BCUT2D eigenvalue weighted by atomic mass is 9.97. The maximum absolute atomic E-state index is 11.1. The van der Waals surface area contributed by atoms with Gasteiger partial charge >= 0.3 is 0 Å². The molecular weight excluding hydrogens is 399 g/mol. The number of primary amides is 1. The molecule has 3 aromatic rings. The number of hydrogen-bond donors (Lipinski definition) is 1. The predicted molar refractivity (Wildman–Crippen MR) is 114 cm³/mol. The SMILES string of the molecule is Cl.NC(=O)Cc1ccc(Cc2cc(-c3ccc(Cl)s3)nc3c2CCC3)cc1. The quantitative estimate of drug-likeness (QED) is 0.633. The number of hydrogen-bond acceptors (Lipinski definition) is 3. The lowest BCUT2D eigenvalue weighted by Crippen LogP contribution is -2.13. The van der Waals surface area contributed by atoms with E-state index in [4.69, 9.17) is 22.3 Å². The third-order valence-corrected chi connectivity index (χ3v) is 6.02. The van der Waals surface area contributed by atoms with E-state index in [9.17, 15) is 4.79 Å². The number of benzene rings is 1. The van der Waals surface area contributed by atoms with Gasteiger partial charge in [-0.2, -0.15) is 0 Å². The fraction of sp³-hybridized carbons (Fsp3) is 0.238. The average molecular weight is 419 g/mol. The van der Waals surface area contributed by atoms with Gasteiger partial charge in [-0.3, -0.25) is 9.78 Å². The smallest absolute Gasteiger partial charge is 0.221 e. The summed E-state index contributed by atoms with van der Waals surface area (Å²) >= 11 is 7.67. The van der Waals surface area contributed by atoms with Gasteiger partial charge in [-0.25, -0.2) is 0 Å². The molecule has 0 unspecified atom stereocenters. The van der Waals surface area contributed by atoms with Gasteiger partial charge in [0.05, 0.1) is 21.3 Å². The topological polar surface area (TPSA) is 56.0 Å². The van der Waals surface area contributed by atoms with E-state index in [1.165, 1.54) is 28.8 Å². The molecule has 0 aliphatic heterocycles. The van der Waals surface area contributed by atoms with Crippen LogP contribution in [-0.4, -0.2) is 10.9 Å². The van der Waals surface area contributed by atoms with Crippen LogP contribution in [0.15, 0.2) is 42.5 Å². The van der Waals surface area contributed by atoms with Crippen molar-refractivity contribution in [2.45, 2.75) is 32.1 Å². The number of carbonyl (C=O) groups is 1. The van der Waals surface area contributed by atoms with Crippen molar-refractivity contribution in [2.75, 3.05) is 0 Å². The fourth-order valence-corrected chi connectivity index (χ4v) is 4.56. The van der Waals surface area contributed by atoms with E-state index in [2.05, 4.69) is 18.2 Å². The van der Waals surface area contributed by atoms with E-state index in [1.54, 1.807) is 11.3 Å². The lowest BCUT2D eigenvalue weighted by molar-refractivity contribution is -0.117. The van der Waals surface area contributed by atoms with E-state index in [1.807, 2.05) is 24.3 Å². The summed E-state index contributed by atoms with van der Waals surface area (Å²) in [5.41, 5.74) is 12.4. The van der Waals surface area contributed by atoms with Crippen molar-refractivity contribution in [1.82, 2.24) is 4.98 Å². The molecule has 1 aliphatic rings. The second-order valence-corrected chi connectivity index (χ2v) is 8.40. The molecule has 0 spiro atoms. The number of nitrogens with zero attached hydrogens (tertiary/aromatic N) is 1. The molecule has 4 rings (SSSR count). The Balaban J connectivity index is 0.00000210. The summed E-state index contributed by atoms with van der Waals surface area (Å²) in [4.78, 5) is 17.1. The van der Waals surface area contributed by atoms with Gasteiger partial charge < -0.3 is 5.73 Å². The number of thiophene rings is 1. The highest BCUT2D eigenvalue weighted by Crippen LogP contribution is 2.34. The average Bonchev–Trinajstić information content (AvgIpc) is 3.25. The van der Waals surface area contributed by atoms with Crippen LogP contribution in [0.2, 0.25) is 4.34 Å². The van der Waals surface area contributed by atoms with E-state index in [-0.39, 0.29) is 24.7 Å². The zero-order valence-electron chi connectivity index (χ0n) is 14.7. The molecular formula is C21H20Cl2N2OS. The maximum Gasteiger partial charge on any atom is 0.221 e. The Morgan fingerprint density at radius 3 is 2.52 bits per heavy atom. The highest BCUT2D eigenvalue weighted by atomic mass is 35.5.